The van der Waals surface area contributed by atoms with Crippen LogP contribution in [0, 0.1) is 0 Å². The molecule has 7 nitrogen and oxygen atoms in total. The summed E-state index contributed by atoms with van der Waals surface area (Å²) in [6.45, 7) is 2.05. The molecule has 11 heteroatoms. The molecule has 1 fully saturated rings. The van der Waals surface area contributed by atoms with Crippen molar-refractivity contribution in [3.63, 3.8) is 0 Å². The Hall–Kier alpha value is -1.81. The van der Waals surface area contributed by atoms with E-state index in [-0.39, 0.29) is 54.5 Å². The molecule has 0 bridgehead atoms. The van der Waals surface area contributed by atoms with Gasteiger partial charge in [0.15, 0.2) is 0 Å². The SMILES string of the molecule is C[C@H](C(=O)NC1CCCCC1)N(Cc1ccc(Br)cc1)C(=O)CCCN(c1cc(Cl)ccc1Cl)S(C)(=O)=O. The summed E-state index contributed by atoms with van der Waals surface area (Å²) in [4.78, 5) is 28.2. The van der Waals surface area contributed by atoms with Crippen molar-refractivity contribution in [1.29, 1.82) is 0 Å². The number of hydrogen-bond donors (Lipinski definition) is 1. The summed E-state index contributed by atoms with van der Waals surface area (Å²) < 4.78 is 27.1. The minimum absolute atomic E-state index is 0.0411. The number of sulfonamides is 1. The molecule has 0 aromatic heterocycles. The van der Waals surface area contributed by atoms with E-state index in [4.69, 9.17) is 23.2 Å². The highest BCUT2D eigenvalue weighted by Gasteiger charge is 2.28. The smallest absolute Gasteiger partial charge is 0.242 e. The van der Waals surface area contributed by atoms with E-state index in [9.17, 15) is 18.0 Å². The molecular formula is C27H34BrCl2N3O4S. The molecule has 1 N–H and O–H groups in total. The molecule has 0 radical (unpaired) electrons. The standard InChI is InChI=1S/C27H34BrCl2N3O4S/c1-19(27(35)31-23-7-4-3-5-8-23)32(18-20-10-12-21(28)13-11-20)26(34)9-6-16-33(38(2,36)37)25-17-22(29)14-15-24(25)30/h10-15,17,19,23H,3-9,16,18H2,1-2H3,(H,31,35)/t19-/m1/s1. The van der Waals surface area contributed by atoms with Gasteiger partial charge in [0.1, 0.15) is 6.04 Å². The number of hydrogen-bond acceptors (Lipinski definition) is 4. The summed E-state index contributed by atoms with van der Waals surface area (Å²) in [5.74, 6) is -0.407. The molecule has 1 saturated carbocycles. The average Bonchev–Trinajstić information content (AvgIpc) is 2.87. The highest BCUT2D eigenvalue weighted by Crippen LogP contribution is 2.31. The Kier molecular flexibility index (Phi) is 11.3. The number of carbonyl (C=O) groups is 2. The van der Waals surface area contributed by atoms with Crippen molar-refractivity contribution in [2.24, 2.45) is 0 Å². The molecule has 1 atom stereocenters. The third kappa shape index (κ3) is 8.86. The van der Waals surface area contributed by atoms with Crippen LogP contribution in [0.1, 0.15) is 57.4 Å². The minimum atomic E-state index is -3.68. The highest BCUT2D eigenvalue weighted by molar-refractivity contribution is 9.10. The third-order valence-corrected chi connectivity index (χ3v) is 8.98. The molecule has 3 rings (SSSR count). The van der Waals surface area contributed by atoms with Gasteiger partial charge in [-0.25, -0.2) is 8.42 Å². The molecule has 0 aliphatic heterocycles. The molecule has 0 heterocycles. The normalized spacial score (nSPS) is 15.1. The molecule has 2 aromatic rings. The van der Waals surface area contributed by atoms with Gasteiger partial charge in [0.05, 0.1) is 17.0 Å². The number of amides is 2. The molecule has 2 amide bonds. The van der Waals surface area contributed by atoms with Crippen LogP contribution < -0.4 is 9.62 Å². The van der Waals surface area contributed by atoms with Gasteiger partial charge in [0.2, 0.25) is 21.8 Å². The summed E-state index contributed by atoms with van der Waals surface area (Å²) in [6, 6.07) is 11.7. The van der Waals surface area contributed by atoms with Gasteiger partial charge in [-0.1, -0.05) is 70.5 Å². The summed E-state index contributed by atoms with van der Waals surface area (Å²) in [7, 11) is -3.68. The molecule has 0 saturated heterocycles. The molecular weight excluding hydrogens is 613 g/mol. The number of carbonyl (C=O) groups excluding carboxylic acids is 2. The van der Waals surface area contributed by atoms with E-state index in [1.165, 1.54) is 18.6 Å². The van der Waals surface area contributed by atoms with Gasteiger partial charge in [0.25, 0.3) is 0 Å². The molecule has 208 valence electrons. The van der Waals surface area contributed by atoms with E-state index in [1.807, 2.05) is 24.3 Å². The molecule has 0 unspecified atom stereocenters. The van der Waals surface area contributed by atoms with Crippen LogP contribution >= 0.6 is 39.1 Å². The van der Waals surface area contributed by atoms with E-state index in [2.05, 4.69) is 21.2 Å². The second kappa shape index (κ2) is 14.0. The van der Waals surface area contributed by atoms with E-state index in [0.29, 0.717) is 5.02 Å². The van der Waals surface area contributed by atoms with Gasteiger partial charge in [-0.05, 0) is 62.1 Å². The fourth-order valence-electron chi connectivity index (χ4n) is 4.60. The summed E-state index contributed by atoms with van der Waals surface area (Å²) in [5.41, 5.74) is 1.16. The van der Waals surface area contributed by atoms with Crippen LogP contribution in [-0.2, 0) is 26.2 Å². The number of benzene rings is 2. The minimum Gasteiger partial charge on any atom is -0.352 e. The predicted molar refractivity (Wildman–Crippen MR) is 157 cm³/mol. The van der Waals surface area contributed by atoms with Gasteiger partial charge in [0, 0.05) is 35.0 Å². The maximum atomic E-state index is 13.5. The van der Waals surface area contributed by atoms with Crippen LogP contribution in [0.4, 0.5) is 5.69 Å². The lowest BCUT2D eigenvalue weighted by Crippen LogP contribution is -2.50. The second-order valence-corrected chi connectivity index (χ2v) is 13.4. The van der Waals surface area contributed by atoms with Crippen molar-refractivity contribution in [3.05, 3.63) is 62.5 Å². The van der Waals surface area contributed by atoms with Gasteiger partial charge in [-0.15, -0.1) is 0 Å². The van der Waals surface area contributed by atoms with E-state index >= 15 is 0 Å². The Morgan fingerprint density at radius 3 is 2.37 bits per heavy atom. The first kappa shape index (κ1) is 30.7. The average molecular weight is 647 g/mol. The quantitative estimate of drug-likeness (QED) is 0.316. The van der Waals surface area contributed by atoms with E-state index in [0.717, 1.165) is 46.3 Å². The van der Waals surface area contributed by atoms with E-state index < -0.39 is 16.1 Å². The van der Waals surface area contributed by atoms with Crippen LogP contribution in [0.5, 0.6) is 0 Å². The first-order chi connectivity index (χ1) is 18.0. The Morgan fingerprint density at radius 1 is 1.08 bits per heavy atom. The first-order valence-corrected chi connectivity index (χ1v) is 16.1. The molecule has 0 spiro atoms. The lowest BCUT2D eigenvalue weighted by molar-refractivity contribution is -0.141. The van der Waals surface area contributed by atoms with Crippen molar-refractivity contribution in [2.45, 2.75) is 70.5 Å². The fraction of sp³-hybridized carbons (Fsp3) is 0.481. The van der Waals surface area contributed by atoms with Crippen molar-refractivity contribution in [3.8, 4) is 0 Å². The largest absolute Gasteiger partial charge is 0.352 e. The summed E-state index contributed by atoms with van der Waals surface area (Å²) in [5, 5.41) is 3.72. The molecule has 2 aromatic carbocycles. The number of nitrogens with one attached hydrogen (secondary N) is 1. The lowest BCUT2D eigenvalue weighted by Gasteiger charge is -2.31. The number of nitrogens with zero attached hydrogens (tertiary/aromatic N) is 2. The summed E-state index contributed by atoms with van der Waals surface area (Å²) in [6.07, 6.45) is 6.65. The van der Waals surface area contributed by atoms with Crippen molar-refractivity contribution in [1.82, 2.24) is 10.2 Å². The topological polar surface area (TPSA) is 86.8 Å². The van der Waals surface area contributed by atoms with Crippen molar-refractivity contribution < 1.29 is 18.0 Å². The first-order valence-electron chi connectivity index (χ1n) is 12.7. The predicted octanol–water partition coefficient (Wildman–Crippen LogP) is 6.17. The van der Waals surface area contributed by atoms with Crippen LogP contribution in [0.25, 0.3) is 0 Å². The van der Waals surface area contributed by atoms with Crippen molar-refractivity contribution >= 4 is 66.7 Å². The second-order valence-electron chi connectivity index (χ2n) is 9.70. The molecule has 1 aliphatic carbocycles. The van der Waals surface area contributed by atoms with E-state index in [1.54, 1.807) is 17.9 Å². The van der Waals surface area contributed by atoms with Gasteiger partial charge < -0.3 is 10.2 Å². The Bertz CT molecular complexity index is 1220. The Labute approximate surface area is 244 Å². The zero-order valence-electron chi connectivity index (χ0n) is 21.6. The Balaban J connectivity index is 1.73. The summed E-state index contributed by atoms with van der Waals surface area (Å²) >= 11 is 15.8. The van der Waals surface area contributed by atoms with Crippen LogP contribution in [0.15, 0.2) is 46.9 Å². The zero-order valence-corrected chi connectivity index (χ0v) is 25.5. The number of halogens is 3. The number of anilines is 1. The number of rotatable bonds is 11. The van der Waals surface area contributed by atoms with Gasteiger partial charge >= 0.3 is 0 Å². The zero-order chi connectivity index (χ0) is 27.9. The van der Waals surface area contributed by atoms with Gasteiger partial charge in [-0.2, -0.15) is 0 Å². The monoisotopic (exact) mass is 645 g/mol. The van der Waals surface area contributed by atoms with Crippen LogP contribution in [-0.4, -0.2) is 50.0 Å². The third-order valence-electron chi connectivity index (χ3n) is 6.71. The Morgan fingerprint density at radius 2 is 1.74 bits per heavy atom. The van der Waals surface area contributed by atoms with Crippen molar-refractivity contribution in [2.75, 3.05) is 17.1 Å². The lowest BCUT2D eigenvalue weighted by atomic mass is 9.95. The fourth-order valence-corrected chi connectivity index (χ4v) is 6.27. The van der Waals surface area contributed by atoms with Crippen LogP contribution in [0.2, 0.25) is 10.0 Å². The molecule has 1 aliphatic rings. The maximum Gasteiger partial charge on any atom is 0.242 e. The highest BCUT2D eigenvalue weighted by atomic mass is 79.9. The van der Waals surface area contributed by atoms with Gasteiger partial charge in [-0.3, -0.25) is 13.9 Å². The van der Waals surface area contributed by atoms with Crippen LogP contribution in [0.3, 0.4) is 0 Å². The molecule has 38 heavy (non-hydrogen) atoms. The maximum absolute atomic E-state index is 13.5.